The van der Waals surface area contributed by atoms with Gasteiger partial charge in [-0.3, -0.25) is 0 Å². The molecule has 1 N–H and O–H groups in total. The maximum absolute atomic E-state index is 6.16. The van der Waals surface area contributed by atoms with Crippen molar-refractivity contribution < 1.29 is 9.47 Å². The molecule has 2 atom stereocenters. The van der Waals surface area contributed by atoms with Crippen LogP contribution in [0.25, 0.3) is 0 Å². The van der Waals surface area contributed by atoms with Gasteiger partial charge in [0.15, 0.2) is 0 Å². The Bertz CT molecular complexity index is 342. The first kappa shape index (κ1) is 17.4. The van der Waals surface area contributed by atoms with E-state index in [4.69, 9.17) is 9.47 Å². The predicted molar refractivity (Wildman–Crippen MR) is 84.5 cm³/mol. The van der Waals surface area contributed by atoms with Crippen molar-refractivity contribution in [1.82, 2.24) is 5.32 Å². The summed E-state index contributed by atoms with van der Waals surface area (Å²) < 4.78 is 11.2. The van der Waals surface area contributed by atoms with Crippen molar-refractivity contribution in [1.29, 1.82) is 0 Å². The van der Waals surface area contributed by atoms with Crippen LogP contribution in [0.3, 0.4) is 0 Å². The Morgan fingerprint density at radius 2 is 1.95 bits per heavy atom. The van der Waals surface area contributed by atoms with E-state index in [0.717, 1.165) is 39.1 Å². The zero-order valence-electron chi connectivity index (χ0n) is 12.2. The van der Waals surface area contributed by atoms with E-state index in [2.05, 4.69) is 35.6 Å². The molecule has 0 bridgehead atoms. The number of hydrogen-bond acceptors (Lipinski definition) is 3. The van der Waals surface area contributed by atoms with Gasteiger partial charge in [-0.1, -0.05) is 30.3 Å². The lowest BCUT2D eigenvalue weighted by atomic mass is 9.95. The predicted octanol–water partition coefficient (Wildman–Crippen LogP) is 3.20. The first-order chi connectivity index (χ1) is 9.42. The highest BCUT2D eigenvalue weighted by atomic mass is 35.5. The van der Waals surface area contributed by atoms with Crippen molar-refractivity contribution in [2.24, 2.45) is 5.92 Å². The van der Waals surface area contributed by atoms with Gasteiger partial charge in [0.05, 0.1) is 6.10 Å². The molecule has 1 aromatic rings. The number of ether oxygens (including phenoxy) is 2. The molecule has 4 heteroatoms. The maximum Gasteiger partial charge on any atom is 0.0865 e. The van der Waals surface area contributed by atoms with Gasteiger partial charge in [-0.2, -0.15) is 0 Å². The summed E-state index contributed by atoms with van der Waals surface area (Å²) in [6.07, 6.45) is 3.58. The molecule has 1 heterocycles. The lowest BCUT2D eigenvalue weighted by Crippen LogP contribution is -2.19. The minimum absolute atomic E-state index is 0. The average molecular weight is 300 g/mol. The summed E-state index contributed by atoms with van der Waals surface area (Å²) in [5.74, 6) is 0.602. The molecule has 1 fully saturated rings. The molecular formula is C16H26ClNO2. The Hall–Kier alpha value is -0.610. The molecule has 114 valence electrons. The van der Waals surface area contributed by atoms with Gasteiger partial charge >= 0.3 is 0 Å². The molecule has 1 aromatic carbocycles. The lowest BCUT2D eigenvalue weighted by Gasteiger charge is -2.24. The molecular weight excluding hydrogens is 274 g/mol. The van der Waals surface area contributed by atoms with E-state index in [1.807, 2.05) is 0 Å². The van der Waals surface area contributed by atoms with Crippen LogP contribution in [0.1, 0.15) is 30.9 Å². The van der Waals surface area contributed by atoms with Crippen molar-refractivity contribution in [2.75, 3.05) is 33.4 Å². The molecule has 1 saturated heterocycles. The van der Waals surface area contributed by atoms with Gasteiger partial charge in [0.2, 0.25) is 0 Å². The van der Waals surface area contributed by atoms with Gasteiger partial charge in [0, 0.05) is 32.8 Å². The molecule has 0 aliphatic carbocycles. The smallest absolute Gasteiger partial charge is 0.0865 e. The first-order valence-electron chi connectivity index (χ1n) is 7.28. The number of hydrogen-bond donors (Lipinski definition) is 1. The van der Waals surface area contributed by atoms with Gasteiger partial charge in [-0.15, -0.1) is 12.4 Å². The third-order valence-corrected chi connectivity index (χ3v) is 3.69. The number of methoxy groups -OCH3 is 1. The minimum Gasteiger partial charge on any atom is -0.385 e. The largest absolute Gasteiger partial charge is 0.385 e. The summed E-state index contributed by atoms with van der Waals surface area (Å²) in [6.45, 7) is 3.82. The van der Waals surface area contributed by atoms with E-state index in [-0.39, 0.29) is 18.5 Å². The van der Waals surface area contributed by atoms with Crippen LogP contribution in [0.5, 0.6) is 0 Å². The molecule has 1 aliphatic rings. The number of benzene rings is 1. The van der Waals surface area contributed by atoms with E-state index in [0.29, 0.717) is 5.92 Å². The molecule has 2 unspecified atom stereocenters. The monoisotopic (exact) mass is 299 g/mol. The number of unbranched alkanes of at least 4 members (excludes halogenated alkanes) is 1. The fourth-order valence-corrected chi connectivity index (χ4v) is 2.64. The zero-order chi connectivity index (χ0) is 13.3. The van der Waals surface area contributed by atoms with Crippen LogP contribution in [0.2, 0.25) is 0 Å². The summed E-state index contributed by atoms with van der Waals surface area (Å²) in [5.41, 5.74) is 1.31. The Morgan fingerprint density at radius 3 is 2.60 bits per heavy atom. The summed E-state index contributed by atoms with van der Waals surface area (Å²) in [5, 5.41) is 3.43. The van der Waals surface area contributed by atoms with E-state index in [9.17, 15) is 0 Å². The van der Waals surface area contributed by atoms with Gasteiger partial charge < -0.3 is 14.8 Å². The fourth-order valence-electron chi connectivity index (χ4n) is 2.64. The van der Waals surface area contributed by atoms with Crippen LogP contribution >= 0.6 is 12.4 Å². The van der Waals surface area contributed by atoms with Crippen LogP contribution in [-0.2, 0) is 9.47 Å². The topological polar surface area (TPSA) is 30.5 Å². The van der Waals surface area contributed by atoms with Gasteiger partial charge in [-0.05, 0) is 31.4 Å². The second kappa shape index (κ2) is 10.2. The number of rotatable bonds is 8. The van der Waals surface area contributed by atoms with E-state index in [1.54, 1.807) is 7.11 Å². The van der Waals surface area contributed by atoms with Crippen LogP contribution in [-0.4, -0.2) is 33.4 Å². The molecule has 2 rings (SSSR count). The average Bonchev–Trinajstić information content (AvgIpc) is 2.98. The molecule has 0 amide bonds. The van der Waals surface area contributed by atoms with Gasteiger partial charge in [-0.25, -0.2) is 0 Å². The highest BCUT2D eigenvalue weighted by Crippen LogP contribution is 2.30. The Morgan fingerprint density at radius 1 is 1.20 bits per heavy atom. The van der Waals surface area contributed by atoms with Gasteiger partial charge in [0.1, 0.15) is 0 Å². The summed E-state index contributed by atoms with van der Waals surface area (Å²) in [6, 6.07) is 10.6. The highest BCUT2D eigenvalue weighted by Gasteiger charge is 2.26. The zero-order valence-corrected chi connectivity index (χ0v) is 13.0. The lowest BCUT2D eigenvalue weighted by molar-refractivity contribution is 0.0120. The normalized spacial score (nSPS) is 19.6. The second-order valence-electron chi connectivity index (χ2n) is 5.15. The van der Waals surface area contributed by atoms with E-state index >= 15 is 0 Å². The van der Waals surface area contributed by atoms with Gasteiger partial charge in [0.25, 0.3) is 0 Å². The Labute approximate surface area is 128 Å². The third kappa shape index (κ3) is 5.41. The third-order valence-electron chi connectivity index (χ3n) is 3.69. The van der Waals surface area contributed by atoms with Crippen molar-refractivity contribution >= 4 is 12.4 Å². The molecule has 20 heavy (non-hydrogen) atoms. The molecule has 0 spiro atoms. The van der Waals surface area contributed by atoms with Crippen molar-refractivity contribution in [3.05, 3.63) is 35.9 Å². The fraction of sp³-hybridized carbons (Fsp3) is 0.625. The first-order valence-corrected chi connectivity index (χ1v) is 7.28. The molecule has 0 radical (unpaired) electrons. The summed E-state index contributed by atoms with van der Waals surface area (Å²) >= 11 is 0. The Kier molecular flexibility index (Phi) is 8.86. The highest BCUT2D eigenvalue weighted by molar-refractivity contribution is 5.85. The number of nitrogens with one attached hydrogen (secondary N) is 1. The molecule has 3 nitrogen and oxygen atoms in total. The summed E-state index contributed by atoms with van der Waals surface area (Å²) in [4.78, 5) is 0. The molecule has 1 aliphatic heterocycles. The Balaban J connectivity index is 0.00000200. The van der Waals surface area contributed by atoms with E-state index in [1.165, 1.54) is 12.0 Å². The van der Waals surface area contributed by atoms with Crippen LogP contribution < -0.4 is 5.32 Å². The molecule has 0 saturated carbocycles. The maximum atomic E-state index is 6.16. The SMILES string of the molecule is COCCCCOC(c1ccccc1)C1CCNC1.Cl. The van der Waals surface area contributed by atoms with Crippen LogP contribution in [0, 0.1) is 5.92 Å². The minimum atomic E-state index is 0. The van der Waals surface area contributed by atoms with E-state index < -0.39 is 0 Å². The van der Waals surface area contributed by atoms with Crippen molar-refractivity contribution in [3.8, 4) is 0 Å². The van der Waals surface area contributed by atoms with Crippen molar-refractivity contribution in [3.63, 3.8) is 0 Å². The standard InChI is InChI=1S/C16H25NO2.ClH/c1-18-11-5-6-12-19-16(15-9-10-17-13-15)14-7-3-2-4-8-14;/h2-4,7-8,15-17H,5-6,9-13H2,1H3;1H. The quantitative estimate of drug-likeness (QED) is 0.748. The van der Waals surface area contributed by atoms with Crippen molar-refractivity contribution in [2.45, 2.75) is 25.4 Å². The second-order valence-corrected chi connectivity index (χ2v) is 5.15. The van der Waals surface area contributed by atoms with Crippen LogP contribution in [0.15, 0.2) is 30.3 Å². The number of halogens is 1. The molecule has 0 aromatic heterocycles. The summed E-state index contributed by atoms with van der Waals surface area (Å²) in [7, 11) is 1.75. The van der Waals surface area contributed by atoms with Crippen LogP contribution in [0.4, 0.5) is 0 Å².